The normalized spacial score (nSPS) is 13.0. The highest BCUT2D eigenvalue weighted by molar-refractivity contribution is 7.22. The van der Waals surface area contributed by atoms with Gasteiger partial charge in [-0.1, -0.05) is 6.07 Å². The number of nitrogens with one attached hydrogen (secondary N) is 2. The molecular formula is C33H40FN5O6S. The molecule has 3 heterocycles. The van der Waals surface area contributed by atoms with Gasteiger partial charge in [0.15, 0.2) is 11.6 Å². The first kappa shape index (κ1) is 33.6. The molecule has 246 valence electrons. The maximum Gasteiger partial charge on any atom is 0.319 e. The minimum atomic E-state index is -0.579. The Labute approximate surface area is 272 Å². The number of thiophene rings is 1. The minimum absolute atomic E-state index is 0.0560. The topological polar surface area (TPSA) is 116 Å². The van der Waals surface area contributed by atoms with Crippen LogP contribution in [0.4, 0.5) is 14.9 Å². The fourth-order valence-electron chi connectivity index (χ4n) is 4.44. The first-order valence-corrected chi connectivity index (χ1v) is 16.1. The molecule has 0 saturated heterocycles. The zero-order valence-corrected chi connectivity index (χ0v) is 26.9. The molecule has 4 aromatic rings. The summed E-state index contributed by atoms with van der Waals surface area (Å²) in [7, 11) is 3.69. The molecule has 0 radical (unpaired) electrons. The monoisotopic (exact) mass is 653 g/mol. The summed E-state index contributed by atoms with van der Waals surface area (Å²) < 4.78 is 43.1. The third kappa shape index (κ3) is 10.4. The predicted molar refractivity (Wildman–Crippen MR) is 175 cm³/mol. The number of carbonyl (C=O) groups is 1. The van der Waals surface area contributed by atoms with Crippen molar-refractivity contribution >= 4 is 33.3 Å². The minimum Gasteiger partial charge on any atom is -0.453 e. The van der Waals surface area contributed by atoms with Crippen molar-refractivity contribution in [2.45, 2.75) is 25.4 Å². The van der Waals surface area contributed by atoms with Gasteiger partial charge in [0, 0.05) is 56.5 Å². The van der Waals surface area contributed by atoms with Crippen LogP contribution in [0.25, 0.3) is 20.8 Å². The number of methoxy groups -OCH3 is 1. The molecule has 0 bridgehead atoms. The Morgan fingerprint density at radius 1 is 0.957 bits per heavy atom. The van der Waals surface area contributed by atoms with E-state index in [1.54, 1.807) is 25.4 Å². The van der Waals surface area contributed by atoms with Crippen LogP contribution in [0.15, 0.2) is 54.9 Å². The van der Waals surface area contributed by atoms with Gasteiger partial charge in [0.25, 0.3) is 0 Å². The van der Waals surface area contributed by atoms with E-state index in [2.05, 4.69) is 26.6 Å². The van der Waals surface area contributed by atoms with Crippen molar-refractivity contribution in [3.63, 3.8) is 0 Å². The lowest BCUT2D eigenvalue weighted by Gasteiger charge is -2.16. The molecule has 46 heavy (non-hydrogen) atoms. The van der Waals surface area contributed by atoms with E-state index in [9.17, 15) is 9.18 Å². The van der Waals surface area contributed by atoms with Crippen LogP contribution in [0, 0.1) is 5.82 Å². The number of rotatable bonds is 19. The molecule has 1 aliphatic carbocycles. The lowest BCUT2D eigenvalue weighted by atomic mass is 10.2. The van der Waals surface area contributed by atoms with E-state index in [1.165, 1.54) is 23.5 Å². The third-order valence-electron chi connectivity index (χ3n) is 7.02. The number of hydrogen-bond acceptors (Lipinski definition) is 10. The molecule has 0 aliphatic heterocycles. The summed E-state index contributed by atoms with van der Waals surface area (Å²) in [5.74, 6) is -0.0314. The molecule has 0 atom stereocenters. The number of pyridine rings is 2. The summed E-state index contributed by atoms with van der Waals surface area (Å²) >= 11 is 1.48. The van der Waals surface area contributed by atoms with Crippen molar-refractivity contribution in [1.29, 1.82) is 0 Å². The van der Waals surface area contributed by atoms with E-state index in [1.807, 2.05) is 25.4 Å². The van der Waals surface area contributed by atoms with E-state index in [4.69, 9.17) is 28.7 Å². The van der Waals surface area contributed by atoms with E-state index >= 15 is 0 Å². The fraction of sp³-hybridized carbons (Fsp3) is 0.424. The molecule has 0 unspecified atom stereocenters. The number of halogens is 1. The Morgan fingerprint density at radius 2 is 1.72 bits per heavy atom. The molecule has 3 aromatic heterocycles. The number of urea groups is 1. The Bertz CT molecular complexity index is 1550. The first-order chi connectivity index (χ1) is 22.5. The second kappa shape index (κ2) is 17.3. The number of anilines is 1. The van der Waals surface area contributed by atoms with Crippen molar-refractivity contribution in [2.75, 3.05) is 72.3 Å². The zero-order valence-electron chi connectivity index (χ0n) is 26.1. The SMILES string of the molecule is COCCOCCOCCOCCN(C)Cc1ccc(-c2cc3nccc(Oc4ccc(NC(=O)NC5CC5)cc4F)c3s2)nc1. The van der Waals surface area contributed by atoms with Crippen LogP contribution in [-0.2, 0) is 25.5 Å². The van der Waals surface area contributed by atoms with Gasteiger partial charge in [-0.3, -0.25) is 14.9 Å². The summed E-state index contributed by atoms with van der Waals surface area (Å²) in [6, 6.07) is 12.0. The standard InChI is InChI=1S/C33H40FN5O6S/c1-39(11-12-42-15-16-44-18-17-43-14-13-41-2)22-23-3-7-27(36-21-23)31-20-28-32(46-31)30(9-10-35-28)45-29-8-6-25(19-26(29)34)38-33(40)37-24-4-5-24/h3,6-10,19-21,24H,4-5,11-18,22H2,1-2H3,(H2,37,38,40). The average Bonchev–Trinajstić information content (AvgIpc) is 3.75. The van der Waals surface area contributed by atoms with Crippen LogP contribution >= 0.6 is 11.3 Å². The van der Waals surface area contributed by atoms with Crippen LogP contribution in [0.2, 0.25) is 0 Å². The Kier molecular flexibility index (Phi) is 12.6. The number of ether oxygens (including phenoxy) is 5. The maximum absolute atomic E-state index is 14.9. The van der Waals surface area contributed by atoms with Gasteiger partial charge in [0.1, 0.15) is 5.75 Å². The molecule has 11 nitrogen and oxygen atoms in total. The molecule has 0 spiro atoms. The zero-order chi connectivity index (χ0) is 32.1. The number of hydrogen-bond donors (Lipinski definition) is 2. The predicted octanol–water partition coefficient (Wildman–Crippen LogP) is 5.70. The lowest BCUT2D eigenvalue weighted by molar-refractivity contribution is 0.00153. The van der Waals surface area contributed by atoms with Gasteiger partial charge in [0.2, 0.25) is 0 Å². The Hall–Kier alpha value is -3.72. The van der Waals surface area contributed by atoms with Gasteiger partial charge < -0.3 is 34.3 Å². The van der Waals surface area contributed by atoms with Gasteiger partial charge in [-0.05, 0) is 49.7 Å². The second-order valence-corrected chi connectivity index (χ2v) is 11.9. The van der Waals surface area contributed by atoms with Crippen LogP contribution < -0.4 is 15.4 Å². The fourth-order valence-corrected chi connectivity index (χ4v) is 5.48. The maximum atomic E-state index is 14.9. The molecule has 1 aliphatic rings. The summed E-state index contributed by atoms with van der Waals surface area (Å²) in [5, 5.41) is 5.47. The van der Waals surface area contributed by atoms with Crippen molar-refractivity contribution in [3.8, 4) is 22.1 Å². The van der Waals surface area contributed by atoms with Crippen LogP contribution in [0.1, 0.15) is 18.4 Å². The third-order valence-corrected chi connectivity index (χ3v) is 8.18. The summed E-state index contributed by atoms with van der Waals surface area (Å²) in [4.78, 5) is 24.3. The number of likely N-dealkylation sites (N-methyl/N-ethyl adjacent to an activating group) is 1. The summed E-state index contributed by atoms with van der Waals surface area (Å²) in [5.41, 5.74) is 3.00. The van der Waals surface area contributed by atoms with Crippen LogP contribution in [-0.4, -0.2) is 93.9 Å². The number of aromatic nitrogens is 2. The van der Waals surface area contributed by atoms with Gasteiger partial charge >= 0.3 is 6.03 Å². The van der Waals surface area contributed by atoms with Crippen molar-refractivity contribution in [3.05, 3.63) is 66.2 Å². The van der Waals surface area contributed by atoms with E-state index in [0.29, 0.717) is 57.7 Å². The number of amides is 2. The Balaban J connectivity index is 1.08. The molecule has 5 rings (SSSR count). The number of nitrogens with zero attached hydrogens (tertiary/aromatic N) is 3. The van der Waals surface area contributed by atoms with Gasteiger partial charge in [0.05, 0.1) is 67.0 Å². The van der Waals surface area contributed by atoms with Crippen molar-refractivity contribution in [2.24, 2.45) is 0 Å². The summed E-state index contributed by atoms with van der Waals surface area (Å²) in [6.45, 7) is 5.45. The number of carbonyl (C=O) groups excluding carboxylic acids is 1. The number of benzene rings is 1. The average molecular weight is 654 g/mol. The highest BCUT2D eigenvalue weighted by Crippen LogP contribution is 2.39. The van der Waals surface area contributed by atoms with Crippen LogP contribution in [0.3, 0.4) is 0 Å². The largest absolute Gasteiger partial charge is 0.453 e. The molecule has 1 fully saturated rings. The number of fused-ring (bicyclic) bond motifs is 1. The molecule has 1 aromatic carbocycles. The molecule has 2 N–H and O–H groups in total. The second-order valence-electron chi connectivity index (χ2n) is 10.9. The smallest absolute Gasteiger partial charge is 0.319 e. The first-order valence-electron chi connectivity index (χ1n) is 15.3. The summed E-state index contributed by atoms with van der Waals surface area (Å²) in [6.07, 6.45) is 5.45. The molecular weight excluding hydrogens is 613 g/mol. The highest BCUT2D eigenvalue weighted by Gasteiger charge is 2.23. The van der Waals surface area contributed by atoms with E-state index in [-0.39, 0.29) is 17.8 Å². The Morgan fingerprint density at radius 3 is 2.41 bits per heavy atom. The van der Waals surface area contributed by atoms with Crippen molar-refractivity contribution < 1.29 is 32.9 Å². The highest BCUT2D eigenvalue weighted by atomic mass is 32.1. The van der Waals surface area contributed by atoms with Gasteiger partial charge in [-0.15, -0.1) is 11.3 Å². The molecule has 1 saturated carbocycles. The van der Waals surface area contributed by atoms with Crippen molar-refractivity contribution in [1.82, 2.24) is 20.2 Å². The molecule has 2 amide bonds. The lowest BCUT2D eigenvalue weighted by Crippen LogP contribution is -2.30. The van der Waals surface area contributed by atoms with Gasteiger partial charge in [-0.2, -0.15) is 0 Å². The van der Waals surface area contributed by atoms with E-state index in [0.717, 1.165) is 52.3 Å². The van der Waals surface area contributed by atoms with Crippen LogP contribution in [0.5, 0.6) is 11.5 Å². The quantitative estimate of drug-likeness (QED) is 0.123. The van der Waals surface area contributed by atoms with E-state index < -0.39 is 5.82 Å². The molecule has 13 heteroatoms. The van der Waals surface area contributed by atoms with Gasteiger partial charge in [-0.25, -0.2) is 9.18 Å².